The third-order valence-electron chi connectivity index (χ3n) is 5.92. The molecule has 170 valence electrons. The number of benzene rings is 1. The standard InChI is InChI=1S/C23H26N2O7/c1-29-16-6-5-15(14-18(16)30-2)20-19(21(26)17-4-3-11-32-17)22(27)23(28)25(20)8-7-24-9-12-31-13-10-24/h3-6,11,14,20,27H,7-10,12-13H2,1-2H3/p+1/t20-/m0/s1. The second-order valence-corrected chi connectivity index (χ2v) is 7.70. The molecule has 3 heterocycles. The topological polar surface area (TPSA) is 103 Å². The Morgan fingerprint density at radius 1 is 1.19 bits per heavy atom. The molecule has 0 aliphatic carbocycles. The summed E-state index contributed by atoms with van der Waals surface area (Å²) in [5.41, 5.74) is 0.626. The van der Waals surface area contributed by atoms with E-state index in [4.69, 9.17) is 18.6 Å². The predicted molar refractivity (Wildman–Crippen MR) is 113 cm³/mol. The lowest BCUT2D eigenvalue weighted by Crippen LogP contribution is -3.14. The van der Waals surface area contributed by atoms with Gasteiger partial charge >= 0.3 is 0 Å². The number of amides is 1. The van der Waals surface area contributed by atoms with E-state index in [1.165, 1.54) is 36.3 Å². The van der Waals surface area contributed by atoms with Crippen LogP contribution in [0, 0.1) is 0 Å². The number of aliphatic hydroxyl groups is 1. The van der Waals surface area contributed by atoms with Gasteiger partial charge in [-0.05, 0) is 29.8 Å². The van der Waals surface area contributed by atoms with Crippen LogP contribution in [-0.2, 0) is 9.53 Å². The van der Waals surface area contributed by atoms with Crippen molar-refractivity contribution in [2.24, 2.45) is 0 Å². The molecule has 9 heteroatoms. The summed E-state index contributed by atoms with van der Waals surface area (Å²) in [6.07, 6.45) is 1.38. The fourth-order valence-corrected chi connectivity index (χ4v) is 4.21. The predicted octanol–water partition coefficient (Wildman–Crippen LogP) is 0.790. The van der Waals surface area contributed by atoms with Crippen molar-refractivity contribution in [2.45, 2.75) is 6.04 Å². The quantitative estimate of drug-likeness (QED) is 0.582. The molecule has 1 saturated heterocycles. The Bertz CT molecular complexity index is 1010. The maximum absolute atomic E-state index is 13.2. The van der Waals surface area contributed by atoms with E-state index in [9.17, 15) is 14.7 Å². The SMILES string of the molecule is COc1ccc([C@H]2C(C(=O)c3ccco3)=C(O)C(=O)N2CC[NH+]2CCOCC2)cc1OC. The summed E-state index contributed by atoms with van der Waals surface area (Å²) in [5.74, 6) is -0.604. The van der Waals surface area contributed by atoms with Crippen LogP contribution in [0.5, 0.6) is 11.5 Å². The van der Waals surface area contributed by atoms with Crippen molar-refractivity contribution in [3.63, 3.8) is 0 Å². The zero-order valence-corrected chi connectivity index (χ0v) is 18.1. The van der Waals surface area contributed by atoms with Crippen molar-refractivity contribution >= 4 is 11.7 Å². The van der Waals surface area contributed by atoms with Crippen LogP contribution in [0.3, 0.4) is 0 Å². The first-order chi connectivity index (χ1) is 15.5. The molecule has 0 unspecified atom stereocenters. The number of Topliss-reactive ketones (excluding diaryl/α,β-unsaturated/α-hetero) is 1. The summed E-state index contributed by atoms with van der Waals surface area (Å²) in [5, 5.41) is 10.7. The van der Waals surface area contributed by atoms with Gasteiger partial charge in [0.2, 0.25) is 5.78 Å². The number of hydrogen-bond acceptors (Lipinski definition) is 7. The highest BCUT2D eigenvalue weighted by Gasteiger charge is 2.45. The van der Waals surface area contributed by atoms with Crippen LogP contribution in [0.4, 0.5) is 0 Å². The van der Waals surface area contributed by atoms with E-state index in [-0.39, 0.29) is 11.3 Å². The molecule has 2 aliphatic rings. The highest BCUT2D eigenvalue weighted by Crippen LogP contribution is 2.41. The number of morpholine rings is 1. The third-order valence-corrected chi connectivity index (χ3v) is 5.92. The van der Waals surface area contributed by atoms with E-state index in [1.54, 1.807) is 24.3 Å². The van der Waals surface area contributed by atoms with Gasteiger partial charge in [0.15, 0.2) is 23.0 Å². The van der Waals surface area contributed by atoms with Crippen LogP contribution in [0.25, 0.3) is 0 Å². The largest absolute Gasteiger partial charge is 0.503 e. The molecule has 9 nitrogen and oxygen atoms in total. The molecule has 1 atom stereocenters. The number of carbonyl (C=O) groups is 2. The third kappa shape index (κ3) is 4.09. The molecular weight excluding hydrogens is 416 g/mol. The number of nitrogens with one attached hydrogen (secondary N) is 1. The lowest BCUT2D eigenvalue weighted by atomic mass is 9.94. The van der Waals surface area contributed by atoms with E-state index in [0.717, 1.165) is 13.1 Å². The molecule has 2 aliphatic heterocycles. The summed E-state index contributed by atoms with van der Waals surface area (Å²) in [4.78, 5) is 29.1. The maximum atomic E-state index is 13.2. The van der Waals surface area contributed by atoms with Crippen LogP contribution in [0.1, 0.15) is 22.2 Å². The number of furan rings is 1. The number of carbonyl (C=O) groups excluding carboxylic acids is 2. The smallest absolute Gasteiger partial charge is 0.290 e. The van der Waals surface area contributed by atoms with Crippen molar-refractivity contribution < 1.29 is 38.2 Å². The van der Waals surface area contributed by atoms with Gasteiger partial charge < -0.3 is 33.5 Å². The summed E-state index contributed by atoms with van der Waals surface area (Å²) >= 11 is 0. The second kappa shape index (κ2) is 9.46. The van der Waals surface area contributed by atoms with Crippen LogP contribution < -0.4 is 14.4 Å². The van der Waals surface area contributed by atoms with Crippen molar-refractivity contribution in [2.75, 3.05) is 53.6 Å². The van der Waals surface area contributed by atoms with Gasteiger partial charge in [-0.1, -0.05) is 6.07 Å². The molecule has 0 spiro atoms. The molecule has 1 fully saturated rings. The maximum Gasteiger partial charge on any atom is 0.290 e. The van der Waals surface area contributed by atoms with Crippen LogP contribution >= 0.6 is 0 Å². The molecule has 2 aromatic rings. The van der Waals surface area contributed by atoms with Crippen molar-refractivity contribution in [3.05, 3.63) is 59.3 Å². The number of ether oxygens (including phenoxy) is 3. The lowest BCUT2D eigenvalue weighted by Gasteiger charge is -2.30. The van der Waals surface area contributed by atoms with Crippen molar-refractivity contribution in [3.8, 4) is 11.5 Å². The average Bonchev–Trinajstić information content (AvgIpc) is 3.45. The number of aliphatic hydroxyl groups excluding tert-OH is 1. The number of quaternary nitrogens is 1. The zero-order valence-electron chi connectivity index (χ0n) is 18.1. The first kappa shape index (κ1) is 21.9. The van der Waals surface area contributed by atoms with E-state index < -0.39 is 23.5 Å². The minimum absolute atomic E-state index is 0.00542. The Hall–Kier alpha value is -3.30. The lowest BCUT2D eigenvalue weighted by molar-refractivity contribution is -0.907. The zero-order chi connectivity index (χ0) is 22.7. The van der Waals surface area contributed by atoms with Gasteiger partial charge in [-0.2, -0.15) is 0 Å². The number of nitrogens with zero attached hydrogens (tertiary/aromatic N) is 1. The Labute approximate surface area is 185 Å². The Kier molecular flexibility index (Phi) is 6.48. The normalized spacial score (nSPS) is 19.5. The molecule has 0 radical (unpaired) electrons. The van der Waals surface area contributed by atoms with Crippen LogP contribution in [-0.4, -0.2) is 75.3 Å². The molecule has 1 aromatic carbocycles. The van der Waals surface area contributed by atoms with Crippen LogP contribution in [0.2, 0.25) is 0 Å². The molecule has 2 N–H and O–H groups in total. The Balaban J connectivity index is 1.71. The molecule has 1 aromatic heterocycles. The summed E-state index contributed by atoms with van der Waals surface area (Å²) in [6, 6.07) is 7.53. The van der Waals surface area contributed by atoms with Crippen molar-refractivity contribution in [1.82, 2.24) is 4.90 Å². The minimum Gasteiger partial charge on any atom is -0.503 e. The minimum atomic E-state index is -0.777. The molecule has 4 rings (SSSR count). The first-order valence-electron chi connectivity index (χ1n) is 10.5. The highest BCUT2D eigenvalue weighted by atomic mass is 16.5. The van der Waals surface area contributed by atoms with E-state index in [2.05, 4.69) is 0 Å². The fourth-order valence-electron chi connectivity index (χ4n) is 4.21. The number of methoxy groups -OCH3 is 2. The summed E-state index contributed by atoms with van der Waals surface area (Å²) in [6.45, 7) is 4.09. The van der Waals surface area contributed by atoms with Gasteiger partial charge in [0.25, 0.3) is 5.91 Å². The number of ketones is 1. The molecule has 1 amide bonds. The monoisotopic (exact) mass is 443 g/mol. The molecule has 0 bridgehead atoms. The van der Waals surface area contributed by atoms with Gasteiger partial charge in [0.05, 0.1) is 58.4 Å². The van der Waals surface area contributed by atoms with E-state index in [0.29, 0.717) is 43.4 Å². The van der Waals surface area contributed by atoms with Gasteiger partial charge in [0, 0.05) is 0 Å². The highest BCUT2D eigenvalue weighted by molar-refractivity contribution is 6.15. The van der Waals surface area contributed by atoms with E-state index in [1.807, 2.05) is 0 Å². The first-order valence-corrected chi connectivity index (χ1v) is 10.5. The van der Waals surface area contributed by atoms with E-state index >= 15 is 0 Å². The summed E-state index contributed by atoms with van der Waals surface area (Å²) in [7, 11) is 3.05. The van der Waals surface area contributed by atoms with Gasteiger partial charge in [-0.3, -0.25) is 9.59 Å². The second-order valence-electron chi connectivity index (χ2n) is 7.70. The van der Waals surface area contributed by atoms with Gasteiger partial charge in [0.1, 0.15) is 13.1 Å². The van der Waals surface area contributed by atoms with Gasteiger partial charge in [-0.15, -0.1) is 0 Å². The number of rotatable bonds is 8. The molecule has 0 saturated carbocycles. The van der Waals surface area contributed by atoms with Gasteiger partial charge in [-0.25, -0.2) is 0 Å². The Morgan fingerprint density at radius 3 is 2.59 bits per heavy atom. The van der Waals surface area contributed by atoms with Crippen molar-refractivity contribution in [1.29, 1.82) is 0 Å². The number of hydrogen-bond donors (Lipinski definition) is 2. The average molecular weight is 443 g/mol. The van der Waals surface area contributed by atoms with Crippen LogP contribution in [0.15, 0.2) is 52.3 Å². The molecule has 32 heavy (non-hydrogen) atoms. The summed E-state index contributed by atoms with van der Waals surface area (Å²) < 4.78 is 21.4. The molecular formula is C23H27N2O7+. The fraction of sp³-hybridized carbons (Fsp3) is 0.391. The Morgan fingerprint density at radius 2 is 1.94 bits per heavy atom.